The molecule has 458 valence electrons. The molecule has 0 radical (unpaired) electrons. The summed E-state index contributed by atoms with van der Waals surface area (Å²) < 4.78 is 33.1. The van der Waals surface area contributed by atoms with Gasteiger partial charge in [0, 0.05) is 19.4 Å². The Hall–Kier alpha value is -4.37. The van der Waals surface area contributed by atoms with Crippen molar-refractivity contribution in [2.75, 3.05) is 26.4 Å². The first-order chi connectivity index (χ1) is 39.8. The number of unbranched alkanes of at least 4 members (excludes halogenated alkanes) is 19. The van der Waals surface area contributed by atoms with E-state index in [4.69, 9.17) is 24.3 Å². The molecule has 0 aromatic heterocycles. The number of hydrogen-bond acceptors (Lipinski definition) is 8. The minimum atomic E-state index is -4.41. The van der Waals surface area contributed by atoms with E-state index < -0.39 is 32.5 Å². The predicted molar refractivity (Wildman–Crippen MR) is 348 cm³/mol. The Morgan fingerprint density at radius 2 is 0.642 bits per heavy atom. The van der Waals surface area contributed by atoms with Crippen LogP contribution in [0.5, 0.6) is 0 Å². The van der Waals surface area contributed by atoms with Gasteiger partial charge in [-0.25, -0.2) is 4.57 Å². The van der Waals surface area contributed by atoms with Gasteiger partial charge in [-0.05, 0) is 122 Å². The summed E-state index contributed by atoms with van der Waals surface area (Å²) in [4.78, 5) is 35.3. The maximum atomic E-state index is 12.7. The number of phosphoric acid groups is 1. The molecular formula is C71H116NO8P. The van der Waals surface area contributed by atoms with Gasteiger partial charge >= 0.3 is 19.8 Å². The van der Waals surface area contributed by atoms with E-state index in [1.165, 1.54) is 64.2 Å². The Morgan fingerprint density at radius 3 is 0.951 bits per heavy atom. The zero-order valence-electron chi connectivity index (χ0n) is 51.2. The molecule has 0 spiro atoms. The summed E-state index contributed by atoms with van der Waals surface area (Å²) in [6, 6.07) is 0. The van der Waals surface area contributed by atoms with E-state index in [-0.39, 0.29) is 32.6 Å². The lowest BCUT2D eigenvalue weighted by Gasteiger charge is -2.19. The molecule has 0 aliphatic carbocycles. The van der Waals surface area contributed by atoms with Gasteiger partial charge in [0.15, 0.2) is 6.10 Å². The van der Waals surface area contributed by atoms with Gasteiger partial charge in [0.05, 0.1) is 13.2 Å². The molecule has 0 heterocycles. The molecule has 2 unspecified atom stereocenters. The molecule has 3 N–H and O–H groups in total. The molecule has 0 saturated heterocycles. The van der Waals surface area contributed by atoms with Gasteiger partial charge in [0.1, 0.15) is 6.61 Å². The molecule has 0 aromatic carbocycles. The van der Waals surface area contributed by atoms with E-state index in [0.717, 1.165) is 141 Å². The molecule has 2 atom stereocenters. The first kappa shape index (κ1) is 76.6. The van der Waals surface area contributed by atoms with Crippen molar-refractivity contribution in [3.05, 3.63) is 158 Å². The second kappa shape index (κ2) is 64.8. The van der Waals surface area contributed by atoms with Crippen molar-refractivity contribution < 1.29 is 37.6 Å². The van der Waals surface area contributed by atoms with Crippen LogP contribution < -0.4 is 5.73 Å². The van der Waals surface area contributed by atoms with Crippen molar-refractivity contribution in [3.63, 3.8) is 0 Å². The highest BCUT2D eigenvalue weighted by atomic mass is 31.2. The largest absolute Gasteiger partial charge is 0.472 e. The highest BCUT2D eigenvalue weighted by molar-refractivity contribution is 7.47. The third kappa shape index (κ3) is 64.7. The normalized spacial score (nSPS) is 14.1. The summed E-state index contributed by atoms with van der Waals surface area (Å²) in [6.07, 6.45) is 94.5. The molecule has 0 saturated carbocycles. The molecular weight excluding hydrogens is 1030 g/mol. The third-order valence-electron chi connectivity index (χ3n) is 12.9. The number of carbonyl (C=O) groups excluding carboxylic acids is 2. The molecule has 0 rings (SSSR count). The van der Waals surface area contributed by atoms with Crippen LogP contribution in [0.4, 0.5) is 0 Å². The van der Waals surface area contributed by atoms with Crippen LogP contribution >= 0.6 is 7.82 Å². The lowest BCUT2D eigenvalue weighted by atomic mass is 10.0. The van der Waals surface area contributed by atoms with Crippen LogP contribution in [0.1, 0.15) is 245 Å². The summed E-state index contributed by atoms with van der Waals surface area (Å²) in [6.45, 7) is 3.49. The topological polar surface area (TPSA) is 134 Å². The zero-order valence-corrected chi connectivity index (χ0v) is 52.1. The van der Waals surface area contributed by atoms with E-state index in [0.29, 0.717) is 12.8 Å². The smallest absolute Gasteiger partial charge is 0.462 e. The number of ether oxygens (including phenoxy) is 2. The highest BCUT2D eigenvalue weighted by Crippen LogP contribution is 2.43. The number of allylic oxidation sites excluding steroid dienone is 26. The van der Waals surface area contributed by atoms with Crippen molar-refractivity contribution in [3.8, 4) is 0 Å². The Morgan fingerprint density at radius 1 is 0.370 bits per heavy atom. The van der Waals surface area contributed by atoms with E-state index in [2.05, 4.69) is 172 Å². The minimum absolute atomic E-state index is 0.0432. The number of rotatable bonds is 58. The maximum Gasteiger partial charge on any atom is 0.472 e. The van der Waals surface area contributed by atoms with Gasteiger partial charge in [0.25, 0.3) is 0 Å². The molecule has 0 aliphatic rings. The summed E-state index contributed by atoms with van der Waals surface area (Å²) in [7, 11) is -4.41. The van der Waals surface area contributed by atoms with Crippen LogP contribution in [-0.4, -0.2) is 49.3 Å². The molecule has 81 heavy (non-hydrogen) atoms. The maximum absolute atomic E-state index is 12.7. The monoisotopic (exact) mass is 1140 g/mol. The highest BCUT2D eigenvalue weighted by Gasteiger charge is 2.26. The number of esters is 2. The van der Waals surface area contributed by atoms with Gasteiger partial charge in [-0.2, -0.15) is 0 Å². The lowest BCUT2D eigenvalue weighted by Crippen LogP contribution is -2.29. The van der Waals surface area contributed by atoms with Gasteiger partial charge in [-0.15, -0.1) is 0 Å². The van der Waals surface area contributed by atoms with Crippen molar-refractivity contribution in [2.24, 2.45) is 5.73 Å². The Balaban J connectivity index is 4.00. The Kier molecular flexibility index (Phi) is 61.3. The van der Waals surface area contributed by atoms with Crippen molar-refractivity contribution in [2.45, 2.75) is 251 Å². The first-order valence-electron chi connectivity index (χ1n) is 32.0. The van der Waals surface area contributed by atoms with Crippen LogP contribution in [0.15, 0.2) is 158 Å². The van der Waals surface area contributed by atoms with Crippen molar-refractivity contribution >= 4 is 19.8 Å². The minimum Gasteiger partial charge on any atom is -0.462 e. The van der Waals surface area contributed by atoms with Crippen molar-refractivity contribution in [1.82, 2.24) is 0 Å². The van der Waals surface area contributed by atoms with Crippen LogP contribution in [0.3, 0.4) is 0 Å². The van der Waals surface area contributed by atoms with Gasteiger partial charge in [0.2, 0.25) is 0 Å². The number of nitrogens with two attached hydrogens (primary N) is 1. The van der Waals surface area contributed by atoms with Crippen LogP contribution in [0, 0.1) is 0 Å². The van der Waals surface area contributed by atoms with Crippen LogP contribution in [0.25, 0.3) is 0 Å². The van der Waals surface area contributed by atoms with Gasteiger partial charge < -0.3 is 20.1 Å². The fourth-order valence-electron chi connectivity index (χ4n) is 8.27. The average molecular weight is 1140 g/mol. The molecule has 0 amide bonds. The van der Waals surface area contributed by atoms with E-state index in [1.54, 1.807) is 0 Å². The summed E-state index contributed by atoms with van der Waals surface area (Å²) >= 11 is 0. The van der Waals surface area contributed by atoms with E-state index in [1.807, 2.05) is 0 Å². The molecule has 0 aromatic rings. The van der Waals surface area contributed by atoms with Crippen molar-refractivity contribution in [1.29, 1.82) is 0 Å². The summed E-state index contributed by atoms with van der Waals surface area (Å²) in [5, 5.41) is 0. The molecule has 0 bridgehead atoms. The Bertz CT molecular complexity index is 1880. The third-order valence-corrected chi connectivity index (χ3v) is 13.9. The SMILES string of the molecule is CC/C=C\C/C=C\C/C=C\C/C=C\C/C=C\C/C=C\C/C=C\CCCCCCCCCCCCCCCC(=O)OC(COC(=O)CCCCCCCC/C=C\C/C=C\C/C=C\C/C=C\C/C=C\C/C=C\CC)COP(=O)(O)OCCN. The molecule has 9 nitrogen and oxygen atoms in total. The van der Waals surface area contributed by atoms with Gasteiger partial charge in [-0.1, -0.05) is 268 Å². The van der Waals surface area contributed by atoms with Gasteiger partial charge in [-0.3, -0.25) is 18.6 Å². The second-order valence-corrected chi connectivity index (χ2v) is 22.0. The predicted octanol–water partition coefficient (Wildman–Crippen LogP) is 20.8. The average Bonchev–Trinajstić information content (AvgIpc) is 3.46. The molecule has 0 fully saturated rings. The molecule has 0 aliphatic heterocycles. The number of carbonyl (C=O) groups is 2. The zero-order chi connectivity index (χ0) is 58.7. The fraction of sp³-hybridized carbons (Fsp3) is 0.606. The quantitative estimate of drug-likeness (QED) is 0.0264. The summed E-state index contributed by atoms with van der Waals surface area (Å²) in [5.74, 6) is -0.854. The fourth-order valence-corrected chi connectivity index (χ4v) is 9.03. The summed E-state index contributed by atoms with van der Waals surface area (Å²) in [5.41, 5.74) is 5.39. The second-order valence-electron chi connectivity index (χ2n) is 20.5. The molecule has 10 heteroatoms. The number of phosphoric ester groups is 1. The standard InChI is InChI=1S/C71H116NO8P/c1-3-5-7-9-11-13-15-17-19-21-23-25-27-29-30-31-32-33-34-35-36-37-38-40-42-44-46-48-50-52-54-56-58-60-62-64-71(74)80-69(68-79-81(75,76)78-66-65-72)67-77-70(73)63-61-59-57-55-53-51-49-47-45-43-41-39-28-26-24-22-20-18-16-14-12-10-8-6-4-2/h5-8,11-14,17-20,23-26,29-30,32-33,35-36,39,41,45,47,69H,3-4,9-10,15-16,21-22,27-28,31,34,37-38,40,42-44,46,48-68,72H2,1-2H3,(H,75,76)/b7-5-,8-6-,13-11-,14-12-,19-17-,20-18-,25-23-,26-24-,30-29-,33-32-,36-35-,41-39-,47-45-. The first-order valence-corrected chi connectivity index (χ1v) is 33.5. The van der Waals surface area contributed by atoms with Crippen LogP contribution in [0.2, 0.25) is 0 Å². The lowest BCUT2D eigenvalue weighted by molar-refractivity contribution is -0.161. The van der Waals surface area contributed by atoms with E-state index in [9.17, 15) is 19.0 Å². The Labute approximate surface area is 496 Å². The number of hydrogen-bond donors (Lipinski definition) is 2. The van der Waals surface area contributed by atoms with E-state index >= 15 is 0 Å². The van der Waals surface area contributed by atoms with Crippen LogP contribution in [-0.2, 0) is 32.7 Å².